The van der Waals surface area contributed by atoms with E-state index in [0.717, 1.165) is 31.6 Å². The largest absolute Gasteiger partial charge is 0.436 e. The summed E-state index contributed by atoms with van der Waals surface area (Å²) < 4.78 is 5.52. The maximum Gasteiger partial charge on any atom is 0.415 e. The number of piperidine rings is 1. The Morgan fingerprint density at radius 2 is 2.07 bits per heavy atom. The fraction of sp³-hybridized carbons (Fsp3) is 0.727. The van der Waals surface area contributed by atoms with Crippen LogP contribution in [0.1, 0.15) is 26.7 Å². The van der Waals surface area contributed by atoms with Gasteiger partial charge in [0.25, 0.3) is 0 Å². The number of carbonyl (C=O) groups excluding carboxylic acids is 1. The van der Waals surface area contributed by atoms with Crippen LogP contribution >= 0.6 is 0 Å². The predicted octanol–water partition coefficient (Wildman–Crippen LogP) is 1.48. The lowest BCUT2D eigenvalue weighted by atomic mass is 9.89. The van der Waals surface area contributed by atoms with Crippen molar-refractivity contribution in [3.8, 4) is 0 Å². The lowest BCUT2D eigenvalue weighted by Gasteiger charge is -2.33. The summed E-state index contributed by atoms with van der Waals surface area (Å²) >= 11 is 0. The number of carbonyl (C=O) groups is 1. The maximum atomic E-state index is 11.7. The minimum atomic E-state index is -0.424. The van der Waals surface area contributed by atoms with E-state index in [-0.39, 0.29) is 12.1 Å². The topological polar surface area (TPSA) is 41.6 Å². The van der Waals surface area contributed by atoms with Gasteiger partial charge in [0.1, 0.15) is 0 Å². The zero-order valence-electron chi connectivity index (χ0n) is 9.38. The van der Waals surface area contributed by atoms with Crippen LogP contribution in [0.2, 0.25) is 0 Å². The molecule has 0 aliphatic carbocycles. The first-order chi connectivity index (χ1) is 7.07. The van der Waals surface area contributed by atoms with Crippen molar-refractivity contribution in [2.75, 3.05) is 13.1 Å². The highest BCUT2D eigenvalue weighted by molar-refractivity contribution is 5.75. The number of nitrogens with one attached hydrogen (secondary N) is 1. The molecular formula is C11H18N2O2. The van der Waals surface area contributed by atoms with Gasteiger partial charge in [-0.15, -0.1) is 0 Å². The third kappa shape index (κ3) is 1.53. The molecule has 4 heteroatoms. The monoisotopic (exact) mass is 210 g/mol. The van der Waals surface area contributed by atoms with Crippen LogP contribution in [0.15, 0.2) is 12.3 Å². The molecule has 0 bridgehead atoms. The van der Waals surface area contributed by atoms with Crippen molar-refractivity contribution >= 4 is 6.09 Å². The molecule has 0 aromatic carbocycles. The third-order valence-corrected chi connectivity index (χ3v) is 3.22. The molecule has 0 radical (unpaired) electrons. The maximum absolute atomic E-state index is 11.7. The third-order valence-electron chi connectivity index (χ3n) is 3.22. The summed E-state index contributed by atoms with van der Waals surface area (Å²) in [7, 11) is 0. The van der Waals surface area contributed by atoms with E-state index >= 15 is 0 Å². The highest BCUT2D eigenvalue weighted by Gasteiger charge is 2.49. The van der Waals surface area contributed by atoms with Crippen LogP contribution in [0.4, 0.5) is 4.79 Å². The number of amides is 1. The van der Waals surface area contributed by atoms with Gasteiger partial charge in [-0.05, 0) is 26.9 Å². The Balaban J connectivity index is 2.23. The Bertz CT molecular complexity index is 293. The first kappa shape index (κ1) is 10.5. The fourth-order valence-electron chi connectivity index (χ4n) is 2.35. The van der Waals surface area contributed by atoms with Crippen LogP contribution < -0.4 is 5.32 Å². The number of nitrogens with zero attached hydrogens (tertiary/aromatic N) is 1. The van der Waals surface area contributed by atoms with Gasteiger partial charge >= 0.3 is 6.09 Å². The molecule has 1 N–H and O–H groups in total. The lowest BCUT2D eigenvalue weighted by molar-refractivity contribution is 0.0451. The minimum absolute atomic E-state index is 0.124. The predicted molar refractivity (Wildman–Crippen MR) is 57.4 cm³/mol. The van der Waals surface area contributed by atoms with Gasteiger partial charge in [-0.1, -0.05) is 6.58 Å². The molecule has 4 nitrogen and oxygen atoms in total. The van der Waals surface area contributed by atoms with Crippen LogP contribution in [0.5, 0.6) is 0 Å². The van der Waals surface area contributed by atoms with Gasteiger partial charge in [0.2, 0.25) is 0 Å². The Morgan fingerprint density at radius 1 is 1.47 bits per heavy atom. The molecule has 15 heavy (non-hydrogen) atoms. The summed E-state index contributed by atoms with van der Waals surface area (Å²) in [4.78, 5) is 13.4. The van der Waals surface area contributed by atoms with E-state index in [0.29, 0.717) is 0 Å². The molecule has 2 aliphatic rings. The van der Waals surface area contributed by atoms with Gasteiger partial charge in [0.05, 0.1) is 5.70 Å². The van der Waals surface area contributed by atoms with Crippen molar-refractivity contribution in [2.24, 2.45) is 0 Å². The molecule has 0 aromatic rings. The molecule has 0 unspecified atom stereocenters. The molecule has 84 valence electrons. The van der Waals surface area contributed by atoms with Gasteiger partial charge in [0.15, 0.2) is 5.60 Å². The molecule has 2 rings (SSSR count). The summed E-state index contributed by atoms with van der Waals surface area (Å²) in [5.41, 5.74) is 0.413. The second kappa shape index (κ2) is 3.52. The van der Waals surface area contributed by atoms with E-state index in [2.05, 4.69) is 11.9 Å². The number of hydrogen-bond acceptors (Lipinski definition) is 3. The van der Waals surface area contributed by atoms with Crippen molar-refractivity contribution in [2.45, 2.75) is 38.3 Å². The van der Waals surface area contributed by atoms with E-state index in [1.807, 2.05) is 13.8 Å². The van der Waals surface area contributed by atoms with Crippen molar-refractivity contribution in [3.05, 3.63) is 12.3 Å². The van der Waals surface area contributed by atoms with Crippen LogP contribution in [-0.2, 0) is 4.74 Å². The average Bonchev–Trinajstić information content (AvgIpc) is 2.40. The zero-order chi connectivity index (χ0) is 11.1. The Labute approximate surface area is 90.3 Å². The normalized spacial score (nSPS) is 25.1. The van der Waals surface area contributed by atoms with E-state index in [1.165, 1.54) is 0 Å². The van der Waals surface area contributed by atoms with E-state index in [1.54, 1.807) is 4.90 Å². The standard InChI is InChI=1S/C11H18N2O2/c1-8(2)13-9(3)11(15-10(13)14)4-6-12-7-5-11/h8,12H,3-7H2,1-2H3. The van der Waals surface area contributed by atoms with Crippen molar-refractivity contribution < 1.29 is 9.53 Å². The van der Waals surface area contributed by atoms with Crippen LogP contribution in [-0.4, -0.2) is 35.7 Å². The average molecular weight is 210 g/mol. The molecule has 0 saturated carbocycles. The van der Waals surface area contributed by atoms with Crippen molar-refractivity contribution in [1.82, 2.24) is 10.2 Å². The van der Waals surface area contributed by atoms with Crippen LogP contribution in [0.25, 0.3) is 0 Å². The number of rotatable bonds is 1. The quantitative estimate of drug-likeness (QED) is 0.712. The molecule has 1 spiro atoms. The number of hydrogen-bond donors (Lipinski definition) is 1. The van der Waals surface area contributed by atoms with Crippen molar-refractivity contribution in [1.29, 1.82) is 0 Å². The summed E-state index contributed by atoms with van der Waals surface area (Å²) in [6.45, 7) is 9.77. The zero-order valence-corrected chi connectivity index (χ0v) is 9.38. The second-order valence-corrected chi connectivity index (χ2v) is 4.52. The molecule has 0 atom stereocenters. The molecular weight excluding hydrogens is 192 g/mol. The Kier molecular flexibility index (Phi) is 2.46. The van der Waals surface area contributed by atoms with Crippen LogP contribution in [0, 0.1) is 0 Å². The van der Waals surface area contributed by atoms with E-state index < -0.39 is 5.60 Å². The highest BCUT2D eigenvalue weighted by atomic mass is 16.6. The molecule has 2 heterocycles. The fourth-order valence-corrected chi connectivity index (χ4v) is 2.35. The molecule has 0 aromatic heterocycles. The minimum Gasteiger partial charge on any atom is -0.436 e. The molecule has 2 fully saturated rings. The first-order valence-corrected chi connectivity index (χ1v) is 5.49. The van der Waals surface area contributed by atoms with Gasteiger partial charge in [-0.3, -0.25) is 4.90 Å². The van der Waals surface area contributed by atoms with E-state index in [4.69, 9.17) is 4.74 Å². The van der Waals surface area contributed by atoms with Crippen LogP contribution in [0.3, 0.4) is 0 Å². The first-order valence-electron chi connectivity index (χ1n) is 5.49. The number of ether oxygens (including phenoxy) is 1. The lowest BCUT2D eigenvalue weighted by Crippen LogP contribution is -2.43. The summed E-state index contributed by atoms with van der Waals surface area (Å²) in [6, 6.07) is 0.124. The summed E-state index contributed by atoms with van der Waals surface area (Å²) in [5, 5.41) is 3.26. The second-order valence-electron chi connectivity index (χ2n) is 4.52. The van der Waals surface area contributed by atoms with Gasteiger partial charge in [-0.25, -0.2) is 4.79 Å². The van der Waals surface area contributed by atoms with Gasteiger partial charge < -0.3 is 10.1 Å². The van der Waals surface area contributed by atoms with E-state index in [9.17, 15) is 4.79 Å². The van der Waals surface area contributed by atoms with Gasteiger partial charge in [-0.2, -0.15) is 0 Å². The van der Waals surface area contributed by atoms with Gasteiger partial charge in [0, 0.05) is 18.9 Å². The van der Waals surface area contributed by atoms with Crippen molar-refractivity contribution in [3.63, 3.8) is 0 Å². The molecule has 2 saturated heterocycles. The smallest absolute Gasteiger partial charge is 0.415 e. The molecule has 2 aliphatic heterocycles. The Morgan fingerprint density at radius 3 is 2.53 bits per heavy atom. The Hall–Kier alpha value is -1.03. The SMILES string of the molecule is C=C1N(C(C)C)C(=O)OC12CCNCC2. The highest BCUT2D eigenvalue weighted by Crippen LogP contribution is 2.39. The molecule has 1 amide bonds. The summed E-state index contributed by atoms with van der Waals surface area (Å²) in [6.07, 6.45) is 1.43. The summed E-state index contributed by atoms with van der Waals surface area (Å²) in [5.74, 6) is 0.